The van der Waals surface area contributed by atoms with Gasteiger partial charge in [0.1, 0.15) is 5.78 Å². The summed E-state index contributed by atoms with van der Waals surface area (Å²) < 4.78 is 0. The van der Waals surface area contributed by atoms with Gasteiger partial charge in [0.15, 0.2) is 0 Å². The molecule has 0 N–H and O–H groups in total. The molecular weight excluding hydrogens is 304 g/mol. The number of carbonyl (C=O) groups excluding carboxylic acids is 1. The minimum absolute atomic E-state index is 0.0415. The molecule has 0 amide bonds. The van der Waals surface area contributed by atoms with Gasteiger partial charge in [0.05, 0.1) is 5.92 Å². The van der Waals surface area contributed by atoms with Crippen molar-refractivity contribution in [3.8, 4) is 0 Å². The molecule has 0 saturated carbocycles. The molecule has 0 fully saturated rings. The highest BCUT2D eigenvalue weighted by atomic mass is 16.1. The van der Waals surface area contributed by atoms with Crippen molar-refractivity contribution < 1.29 is 4.79 Å². The van der Waals surface area contributed by atoms with E-state index in [4.69, 9.17) is 0 Å². The van der Waals surface area contributed by atoms with Gasteiger partial charge in [0, 0.05) is 12.3 Å². The van der Waals surface area contributed by atoms with E-state index in [0.717, 1.165) is 6.42 Å². The predicted molar refractivity (Wildman–Crippen MR) is 107 cm³/mol. The second kappa shape index (κ2) is 7.99. The lowest BCUT2D eigenvalue weighted by Gasteiger charge is -2.47. The van der Waals surface area contributed by atoms with E-state index in [2.05, 4.69) is 62.4 Å². The smallest absolute Gasteiger partial charge is 0.145 e. The third-order valence-corrected chi connectivity index (χ3v) is 5.31. The molecule has 2 aromatic carbocycles. The molecule has 0 radical (unpaired) electrons. The summed E-state index contributed by atoms with van der Waals surface area (Å²) in [6.45, 7) is 12.6. The van der Waals surface area contributed by atoms with Crippen molar-refractivity contribution in [3.63, 3.8) is 0 Å². The third-order valence-electron chi connectivity index (χ3n) is 5.31. The number of carbonyl (C=O) groups is 1. The Bertz CT molecular complexity index is 726. The zero-order valence-electron chi connectivity index (χ0n) is 16.6. The number of rotatable bonds is 0. The molecule has 1 heteroatoms. The lowest BCUT2D eigenvalue weighted by atomic mass is 9.55. The lowest BCUT2D eigenvalue weighted by molar-refractivity contribution is -0.122. The van der Waals surface area contributed by atoms with Crippen LogP contribution in [0.2, 0.25) is 0 Å². The Balaban J connectivity index is 0.000000528. The van der Waals surface area contributed by atoms with Crippen molar-refractivity contribution in [1.82, 2.24) is 0 Å². The van der Waals surface area contributed by atoms with Crippen LogP contribution in [0, 0.1) is 5.41 Å². The van der Waals surface area contributed by atoms with Crippen molar-refractivity contribution in [2.24, 2.45) is 5.41 Å². The van der Waals surface area contributed by atoms with E-state index in [1.165, 1.54) is 22.3 Å². The summed E-state index contributed by atoms with van der Waals surface area (Å²) in [6, 6.07) is 17.0. The second-order valence-electron chi connectivity index (χ2n) is 7.16. The molecule has 2 aliphatic rings. The maximum absolute atomic E-state index is 12.8. The molecule has 2 unspecified atom stereocenters. The number of hydrogen-bond donors (Lipinski definition) is 0. The second-order valence-corrected chi connectivity index (χ2v) is 7.16. The van der Waals surface area contributed by atoms with Crippen LogP contribution in [0.1, 0.15) is 75.6 Å². The van der Waals surface area contributed by atoms with Gasteiger partial charge in [-0.2, -0.15) is 0 Å². The quantitative estimate of drug-likeness (QED) is 0.550. The summed E-state index contributed by atoms with van der Waals surface area (Å²) in [6.07, 6.45) is 1.63. The number of hydrogen-bond acceptors (Lipinski definition) is 1. The average Bonchev–Trinajstić information content (AvgIpc) is 2.64. The van der Waals surface area contributed by atoms with Gasteiger partial charge in [-0.25, -0.2) is 0 Å². The monoisotopic (exact) mass is 336 g/mol. The molecular formula is C24H32O. The molecule has 2 aromatic rings. The fraction of sp³-hybridized carbons (Fsp3) is 0.458. The van der Waals surface area contributed by atoms with Crippen LogP contribution < -0.4 is 0 Å². The molecule has 4 rings (SSSR count). The summed E-state index contributed by atoms with van der Waals surface area (Å²) in [4.78, 5) is 12.8. The molecule has 1 nitrogen and oxygen atoms in total. The highest BCUT2D eigenvalue weighted by molar-refractivity contribution is 5.92. The zero-order chi connectivity index (χ0) is 18.6. The van der Waals surface area contributed by atoms with Gasteiger partial charge < -0.3 is 0 Å². The van der Waals surface area contributed by atoms with Crippen LogP contribution in [-0.4, -0.2) is 5.78 Å². The van der Waals surface area contributed by atoms with Crippen LogP contribution in [0.4, 0.5) is 0 Å². The summed E-state index contributed by atoms with van der Waals surface area (Å²) >= 11 is 0. The molecule has 0 spiro atoms. The van der Waals surface area contributed by atoms with E-state index in [1.54, 1.807) is 0 Å². The molecule has 0 aromatic heterocycles. The van der Waals surface area contributed by atoms with Crippen LogP contribution in [0.5, 0.6) is 0 Å². The Morgan fingerprint density at radius 3 is 1.96 bits per heavy atom. The van der Waals surface area contributed by atoms with Gasteiger partial charge in [-0.3, -0.25) is 4.79 Å². The van der Waals surface area contributed by atoms with Crippen molar-refractivity contribution in [2.75, 3.05) is 0 Å². The van der Waals surface area contributed by atoms with Crippen LogP contribution >= 0.6 is 0 Å². The lowest BCUT2D eigenvalue weighted by Crippen LogP contribution is -2.41. The van der Waals surface area contributed by atoms with E-state index in [-0.39, 0.29) is 11.3 Å². The third kappa shape index (κ3) is 3.42. The van der Waals surface area contributed by atoms with Gasteiger partial charge in [0.25, 0.3) is 0 Å². The van der Waals surface area contributed by atoms with Gasteiger partial charge in [-0.05, 0) is 34.1 Å². The van der Waals surface area contributed by atoms with Crippen molar-refractivity contribution in [2.45, 2.75) is 66.2 Å². The minimum Gasteiger partial charge on any atom is -0.299 e. The van der Waals surface area contributed by atoms with Crippen LogP contribution in [0.3, 0.4) is 0 Å². The molecule has 0 saturated heterocycles. The van der Waals surface area contributed by atoms with Crippen molar-refractivity contribution in [3.05, 3.63) is 70.8 Å². The number of ketones is 1. The predicted octanol–water partition coefficient (Wildman–Crippen LogP) is 6.31. The first-order valence-electron chi connectivity index (χ1n) is 9.76. The Hall–Kier alpha value is -1.89. The van der Waals surface area contributed by atoms with E-state index >= 15 is 0 Å². The molecule has 2 atom stereocenters. The van der Waals surface area contributed by atoms with Gasteiger partial charge in [0.2, 0.25) is 0 Å². The van der Waals surface area contributed by atoms with E-state index < -0.39 is 0 Å². The first kappa shape index (κ1) is 19.4. The molecule has 2 aliphatic carbocycles. The van der Waals surface area contributed by atoms with Gasteiger partial charge in [-0.15, -0.1) is 0 Å². The fourth-order valence-electron chi connectivity index (χ4n) is 4.49. The summed E-state index contributed by atoms with van der Waals surface area (Å²) in [5.41, 5.74) is 5.36. The summed E-state index contributed by atoms with van der Waals surface area (Å²) in [5, 5.41) is 0. The van der Waals surface area contributed by atoms with Gasteiger partial charge in [-0.1, -0.05) is 90.1 Å². The van der Waals surface area contributed by atoms with Crippen molar-refractivity contribution in [1.29, 1.82) is 0 Å². The standard InChI is InChI=1S/C20H20O.2C2H6/c1-20(2)12-14-8-4-5-9-15(14)18-17(21)11-13-7-3-6-10-16(13)19(18)20;2*1-2/h3-10,18-19H,11-12H2,1-2H3;2*1-2H3. The fourth-order valence-corrected chi connectivity index (χ4v) is 4.49. The summed E-state index contributed by atoms with van der Waals surface area (Å²) in [7, 11) is 0. The van der Waals surface area contributed by atoms with E-state index in [0.29, 0.717) is 18.1 Å². The Morgan fingerprint density at radius 1 is 0.800 bits per heavy atom. The molecule has 0 heterocycles. The molecule has 134 valence electrons. The number of fused-ring (bicyclic) bond motifs is 5. The van der Waals surface area contributed by atoms with Crippen molar-refractivity contribution >= 4 is 5.78 Å². The first-order chi connectivity index (χ1) is 12.1. The first-order valence-corrected chi connectivity index (χ1v) is 9.76. The van der Waals surface area contributed by atoms with E-state index in [1.807, 2.05) is 27.7 Å². The highest BCUT2D eigenvalue weighted by Gasteiger charge is 2.48. The Labute approximate surface area is 153 Å². The van der Waals surface area contributed by atoms with Crippen LogP contribution in [-0.2, 0) is 17.6 Å². The molecule has 0 aliphatic heterocycles. The number of benzene rings is 2. The largest absolute Gasteiger partial charge is 0.299 e. The molecule has 25 heavy (non-hydrogen) atoms. The topological polar surface area (TPSA) is 17.1 Å². The van der Waals surface area contributed by atoms with Crippen LogP contribution in [0.15, 0.2) is 48.5 Å². The normalized spacial score (nSPS) is 22.1. The van der Waals surface area contributed by atoms with E-state index in [9.17, 15) is 4.79 Å². The average molecular weight is 337 g/mol. The number of Topliss-reactive ketones (excluding diaryl/α,β-unsaturated/α-hetero) is 1. The molecule has 0 bridgehead atoms. The Morgan fingerprint density at radius 2 is 1.32 bits per heavy atom. The maximum atomic E-state index is 12.8. The minimum atomic E-state index is 0.0415. The highest BCUT2D eigenvalue weighted by Crippen LogP contribution is 2.55. The maximum Gasteiger partial charge on any atom is 0.145 e. The summed E-state index contributed by atoms with van der Waals surface area (Å²) in [5.74, 6) is 0.739. The Kier molecular flexibility index (Phi) is 6.21. The SMILES string of the molecule is CC.CC.CC1(C)Cc2ccccc2C2C(=O)Cc3ccccc3C21. The van der Waals surface area contributed by atoms with Crippen LogP contribution in [0.25, 0.3) is 0 Å². The zero-order valence-corrected chi connectivity index (χ0v) is 16.6. The van der Waals surface area contributed by atoms with Gasteiger partial charge >= 0.3 is 0 Å².